The fourth-order valence-corrected chi connectivity index (χ4v) is 1.30. The van der Waals surface area contributed by atoms with Gasteiger partial charge in [-0.2, -0.15) is 0 Å². The van der Waals surface area contributed by atoms with Crippen molar-refractivity contribution in [2.24, 2.45) is 7.05 Å². The largest absolute Gasteiger partial charge is 0.465 e. The molecule has 0 saturated heterocycles. The molecule has 0 aliphatic heterocycles. The minimum Gasteiger partial charge on any atom is -0.465 e. The Morgan fingerprint density at radius 2 is 2.25 bits per heavy atom. The van der Waals surface area contributed by atoms with E-state index in [1.807, 2.05) is 13.8 Å². The van der Waals surface area contributed by atoms with Gasteiger partial charge in [0.2, 0.25) is 5.95 Å². The van der Waals surface area contributed by atoms with Crippen molar-refractivity contribution < 1.29 is 9.53 Å². The minimum atomic E-state index is -0.279. The van der Waals surface area contributed by atoms with Crippen LogP contribution in [0.5, 0.6) is 0 Å². The van der Waals surface area contributed by atoms with Gasteiger partial charge in [-0.15, -0.1) is 0 Å². The van der Waals surface area contributed by atoms with Gasteiger partial charge < -0.3 is 9.64 Å². The number of aromatic nitrogens is 4. The minimum absolute atomic E-state index is 0.120. The van der Waals surface area contributed by atoms with Gasteiger partial charge in [0, 0.05) is 13.1 Å². The van der Waals surface area contributed by atoms with Crippen molar-refractivity contribution in [2.45, 2.75) is 26.8 Å². The summed E-state index contributed by atoms with van der Waals surface area (Å²) in [7, 11) is 1.73. The van der Waals surface area contributed by atoms with Gasteiger partial charge in [-0.25, -0.2) is 4.68 Å². The van der Waals surface area contributed by atoms with Crippen LogP contribution in [0.2, 0.25) is 0 Å². The summed E-state index contributed by atoms with van der Waals surface area (Å²) in [6.07, 6.45) is 0. The molecule has 16 heavy (non-hydrogen) atoms. The molecule has 0 radical (unpaired) electrons. The van der Waals surface area contributed by atoms with E-state index >= 15 is 0 Å². The molecule has 0 N–H and O–H groups in total. The first-order valence-electron chi connectivity index (χ1n) is 5.20. The Morgan fingerprint density at radius 3 is 2.69 bits per heavy atom. The van der Waals surface area contributed by atoms with Crippen LogP contribution in [-0.2, 0) is 16.6 Å². The van der Waals surface area contributed by atoms with Crippen LogP contribution in [0.3, 0.4) is 0 Å². The number of tetrazole rings is 1. The monoisotopic (exact) mass is 227 g/mol. The maximum absolute atomic E-state index is 11.4. The Hall–Kier alpha value is -1.66. The van der Waals surface area contributed by atoms with Gasteiger partial charge in [0.15, 0.2) is 0 Å². The molecule has 0 aliphatic carbocycles. The normalized spacial score (nSPS) is 10.6. The lowest BCUT2D eigenvalue weighted by molar-refractivity contribution is -0.141. The summed E-state index contributed by atoms with van der Waals surface area (Å²) in [6.45, 7) is 6.24. The molecule has 0 spiro atoms. The Morgan fingerprint density at radius 1 is 1.56 bits per heavy atom. The smallest absolute Gasteiger partial charge is 0.325 e. The van der Waals surface area contributed by atoms with Crippen molar-refractivity contribution in [3.8, 4) is 0 Å². The highest BCUT2D eigenvalue weighted by Crippen LogP contribution is 2.10. The predicted molar refractivity (Wildman–Crippen MR) is 57.9 cm³/mol. The van der Waals surface area contributed by atoms with Crippen LogP contribution in [-0.4, -0.2) is 45.4 Å². The number of aryl methyl sites for hydroxylation is 1. The fraction of sp³-hybridized carbons (Fsp3) is 0.778. The second kappa shape index (κ2) is 5.43. The van der Waals surface area contributed by atoms with Crippen LogP contribution in [0.15, 0.2) is 0 Å². The molecule has 7 heteroatoms. The van der Waals surface area contributed by atoms with Crippen molar-refractivity contribution in [1.82, 2.24) is 20.2 Å². The van der Waals surface area contributed by atoms with Gasteiger partial charge >= 0.3 is 5.97 Å². The number of esters is 1. The van der Waals surface area contributed by atoms with Crippen LogP contribution in [0.4, 0.5) is 5.95 Å². The molecule has 1 heterocycles. The third kappa shape index (κ3) is 2.91. The first-order valence-corrected chi connectivity index (χ1v) is 5.20. The van der Waals surface area contributed by atoms with Crippen molar-refractivity contribution in [1.29, 1.82) is 0 Å². The Bertz CT molecular complexity index is 349. The molecule has 0 unspecified atom stereocenters. The van der Waals surface area contributed by atoms with E-state index in [9.17, 15) is 4.79 Å². The average molecular weight is 227 g/mol. The highest BCUT2D eigenvalue weighted by Gasteiger charge is 2.20. The zero-order chi connectivity index (χ0) is 12.1. The summed E-state index contributed by atoms with van der Waals surface area (Å²) < 4.78 is 6.43. The Kier molecular flexibility index (Phi) is 4.21. The van der Waals surface area contributed by atoms with E-state index in [2.05, 4.69) is 15.5 Å². The van der Waals surface area contributed by atoms with E-state index in [-0.39, 0.29) is 18.6 Å². The zero-order valence-corrected chi connectivity index (χ0v) is 10.0. The molecule has 0 bridgehead atoms. The lowest BCUT2D eigenvalue weighted by Crippen LogP contribution is -2.38. The third-order valence-electron chi connectivity index (χ3n) is 2.08. The summed E-state index contributed by atoms with van der Waals surface area (Å²) in [4.78, 5) is 13.2. The molecule has 0 aliphatic rings. The van der Waals surface area contributed by atoms with Gasteiger partial charge in [0.05, 0.1) is 6.61 Å². The number of anilines is 1. The first-order chi connectivity index (χ1) is 7.56. The van der Waals surface area contributed by atoms with Crippen LogP contribution in [0.1, 0.15) is 20.8 Å². The Labute approximate surface area is 94.4 Å². The quantitative estimate of drug-likeness (QED) is 0.659. The van der Waals surface area contributed by atoms with Gasteiger partial charge in [-0.3, -0.25) is 4.79 Å². The maximum atomic E-state index is 11.4. The molecule has 0 amide bonds. The van der Waals surface area contributed by atoms with Gasteiger partial charge in [-0.05, 0) is 31.2 Å². The van der Waals surface area contributed by atoms with Crippen LogP contribution >= 0.6 is 0 Å². The predicted octanol–water partition coefficient (Wildman–Crippen LogP) is -0.0120. The fourth-order valence-electron chi connectivity index (χ4n) is 1.30. The van der Waals surface area contributed by atoms with Crippen LogP contribution < -0.4 is 4.90 Å². The number of hydrogen-bond donors (Lipinski definition) is 0. The molecule has 0 atom stereocenters. The van der Waals surface area contributed by atoms with Crippen LogP contribution in [0.25, 0.3) is 0 Å². The van der Waals surface area contributed by atoms with Gasteiger partial charge in [-0.1, -0.05) is 5.10 Å². The molecular formula is C9H17N5O2. The second-order valence-electron chi connectivity index (χ2n) is 3.63. The maximum Gasteiger partial charge on any atom is 0.325 e. The summed E-state index contributed by atoms with van der Waals surface area (Å²) >= 11 is 0. The van der Waals surface area contributed by atoms with E-state index in [0.29, 0.717) is 12.6 Å². The summed E-state index contributed by atoms with van der Waals surface area (Å²) in [5.74, 6) is 0.280. The molecule has 0 fully saturated rings. The van der Waals surface area contributed by atoms with Crippen molar-refractivity contribution in [3.63, 3.8) is 0 Å². The number of carbonyl (C=O) groups is 1. The van der Waals surface area contributed by atoms with E-state index < -0.39 is 0 Å². The Balaban J connectivity index is 2.77. The zero-order valence-electron chi connectivity index (χ0n) is 10.0. The second-order valence-corrected chi connectivity index (χ2v) is 3.63. The summed E-state index contributed by atoms with van der Waals surface area (Å²) in [6, 6.07) is 0.120. The number of rotatable bonds is 5. The van der Waals surface area contributed by atoms with Gasteiger partial charge in [0.25, 0.3) is 0 Å². The first kappa shape index (κ1) is 12.4. The average Bonchev–Trinajstić information content (AvgIpc) is 2.61. The summed E-state index contributed by atoms with van der Waals surface area (Å²) in [5.41, 5.74) is 0. The topological polar surface area (TPSA) is 73.1 Å². The molecule has 0 saturated carbocycles. The standard InChI is InChI=1S/C9H17N5O2/c1-5-16-8(15)6-14(7(2)3)9-10-11-12-13(9)4/h7H,5-6H2,1-4H3. The van der Waals surface area contributed by atoms with Crippen LogP contribution in [0, 0.1) is 0 Å². The molecule has 1 rings (SSSR count). The van der Waals surface area contributed by atoms with E-state index in [1.54, 1.807) is 18.9 Å². The lowest BCUT2D eigenvalue weighted by atomic mass is 10.3. The molecule has 90 valence electrons. The third-order valence-corrected chi connectivity index (χ3v) is 2.08. The SMILES string of the molecule is CCOC(=O)CN(c1nnnn1C)C(C)C. The number of ether oxygens (including phenoxy) is 1. The van der Waals surface area contributed by atoms with Gasteiger partial charge in [0.1, 0.15) is 6.54 Å². The number of carbonyl (C=O) groups excluding carboxylic acids is 1. The van der Waals surface area contributed by atoms with Crippen molar-refractivity contribution in [3.05, 3.63) is 0 Å². The number of hydrogen-bond acceptors (Lipinski definition) is 6. The van der Waals surface area contributed by atoms with Crippen molar-refractivity contribution in [2.75, 3.05) is 18.1 Å². The molecule has 1 aromatic heterocycles. The van der Waals surface area contributed by atoms with E-state index in [0.717, 1.165) is 0 Å². The highest BCUT2D eigenvalue weighted by atomic mass is 16.5. The molecular weight excluding hydrogens is 210 g/mol. The van der Waals surface area contributed by atoms with E-state index in [1.165, 1.54) is 4.68 Å². The molecule has 1 aromatic rings. The molecule has 7 nitrogen and oxygen atoms in total. The van der Waals surface area contributed by atoms with E-state index in [4.69, 9.17) is 4.74 Å². The molecule has 0 aromatic carbocycles. The lowest BCUT2D eigenvalue weighted by Gasteiger charge is -2.25. The highest BCUT2D eigenvalue weighted by molar-refractivity contribution is 5.75. The number of nitrogens with zero attached hydrogens (tertiary/aromatic N) is 5. The summed E-state index contributed by atoms with van der Waals surface area (Å²) in [5, 5.41) is 11.2. The van der Waals surface area contributed by atoms with Crippen molar-refractivity contribution >= 4 is 11.9 Å².